The van der Waals surface area contributed by atoms with Crippen molar-refractivity contribution in [3.8, 4) is 11.1 Å². The first kappa shape index (κ1) is 16.9. The van der Waals surface area contributed by atoms with Crippen LogP contribution in [0.4, 0.5) is 5.82 Å². The summed E-state index contributed by atoms with van der Waals surface area (Å²) >= 11 is 6.91. The molecule has 1 aromatic heterocycles. The van der Waals surface area contributed by atoms with Crippen LogP contribution in [0.3, 0.4) is 0 Å². The summed E-state index contributed by atoms with van der Waals surface area (Å²) in [7, 11) is 0. The van der Waals surface area contributed by atoms with E-state index >= 15 is 0 Å². The van der Waals surface area contributed by atoms with Crippen LogP contribution in [-0.2, 0) is 4.74 Å². The first-order valence-corrected chi connectivity index (χ1v) is 8.91. The summed E-state index contributed by atoms with van der Waals surface area (Å²) in [6.45, 7) is 2.03. The van der Waals surface area contributed by atoms with E-state index < -0.39 is 5.97 Å². The maximum absolute atomic E-state index is 12.5. The Morgan fingerprint density at radius 3 is 2.46 bits per heavy atom. The van der Waals surface area contributed by atoms with Crippen molar-refractivity contribution in [1.82, 2.24) is 4.98 Å². The van der Waals surface area contributed by atoms with Crippen molar-refractivity contribution in [2.24, 2.45) is 0 Å². The molecule has 4 nitrogen and oxygen atoms in total. The fourth-order valence-electron chi connectivity index (χ4n) is 2.58. The number of ether oxygens (including phenoxy) is 1. The fourth-order valence-corrected chi connectivity index (χ4v) is 3.21. The molecule has 0 fully saturated rings. The number of anilines is 1. The Kier molecular flexibility index (Phi) is 4.87. The molecular weight excluding hydrogens is 436 g/mol. The summed E-state index contributed by atoms with van der Waals surface area (Å²) in [5.41, 5.74) is 8.71. The number of nitrogens with zero attached hydrogens (tertiary/aromatic N) is 1. The third kappa shape index (κ3) is 3.16. The van der Waals surface area contributed by atoms with Gasteiger partial charge >= 0.3 is 5.97 Å². The van der Waals surface area contributed by atoms with Gasteiger partial charge in [-0.2, -0.15) is 0 Å². The van der Waals surface area contributed by atoms with Crippen molar-refractivity contribution in [2.45, 2.75) is 6.92 Å². The van der Waals surface area contributed by atoms with Crippen LogP contribution in [0.15, 0.2) is 51.4 Å². The third-order valence-electron chi connectivity index (χ3n) is 3.59. The van der Waals surface area contributed by atoms with Crippen LogP contribution < -0.4 is 5.73 Å². The quantitative estimate of drug-likeness (QED) is 0.559. The second-order valence-electron chi connectivity index (χ2n) is 5.14. The molecule has 0 bridgehead atoms. The minimum absolute atomic E-state index is 0.168. The number of nitrogen functional groups attached to an aromatic ring is 1. The Bertz CT molecular complexity index is 924. The highest BCUT2D eigenvalue weighted by Gasteiger charge is 2.22. The second kappa shape index (κ2) is 6.91. The Morgan fingerprint density at radius 1 is 1.12 bits per heavy atom. The molecule has 0 spiro atoms. The van der Waals surface area contributed by atoms with Gasteiger partial charge in [-0.3, -0.25) is 0 Å². The molecule has 0 atom stereocenters. The highest BCUT2D eigenvalue weighted by molar-refractivity contribution is 9.10. The first-order chi connectivity index (χ1) is 11.5. The summed E-state index contributed by atoms with van der Waals surface area (Å²) in [6.07, 6.45) is 0. The van der Waals surface area contributed by atoms with Crippen molar-refractivity contribution in [1.29, 1.82) is 0 Å². The van der Waals surface area contributed by atoms with Crippen molar-refractivity contribution in [2.75, 3.05) is 12.3 Å². The molecule has 6 heteroatoms. The van der Waals surface area contributed by atoms with Gasteiger partial charge in [0.25, 0.3) is 0 Å². The van der Waals surface area contributed by atoms with Gasteiger partial charge in [-0.25, -0.2) is 9.78 Å². The van der Waals surface area contributed by atoms with E-state index in [2.05, 4.69) is 36.8 Å². The zero-order chi connectivity index (χ0) is 17.3. The van der Waals surface area contributed by atoms with Gasteiger partial charge < -0.3 is 10.5 Å². The van der Waals surface area contributed by atoms with Crippen LogP contribution in [0.5, 0.6) is 0 Å². The molecule has 24 heavy (non-hydrogen) atoms. The number of hydrogen-bond donors (Lipinski definition) is 1. The number of aromatic nitrogens is 1. The molecule has 0 saturated heterocycles. The van der Waals surface area contributed by atoms with E-state index in [0.717, 1.165) is 31.0 Å². The molecule has 0 radical (unpaired) electrons. The van der Waals surface area contributed by atoms with Gasteiger partial charge in [-0.1, -0.05) is 44.0 Å². The van der Waals surface area contributed by atoms with Crippen LogP contribution in [-0.4, -0.2) is 17.6 Å². The number of esters is 1. The number of fused-ring (bicyclic) bond motifs is 1. The second-order valence-corrected chi connectivity index (χ2v) is 6.97. The van der Waals surface area contributed by atoms with E-state index in [9.17, 15) is 4.79 Å². The van der Waals surface area contributed by atoms with Gasteiger partial charge in [-0.15, -0.1) is 0 Å². The fraction of sp³-hybridized carbons (Fsp3) is 0.111. The number of rotatable bonds is 3. The molecule has 1 heterocycles. The zero-order valence-corrected chi connectivity index (χ0v) is 16.0. The molecule has 122 valence electrons. The van der Waals surface area contributed by atoms with Crippen LogP contribution in [0.1, 0.15) is 17.3 Å². The number of nitrogens with two attached hydrogens (primary N) is 1. The van der Waals surface area contributed by atoms with Crippen LogP contribution in [0.25, 0.3) is 22.0 Å². The van der Waals surface area contributed by atoms with E-state index in [4.69, 9.17) is 10.5 Å². The van der Waals surface area contributed by atoms with E-state index in [1.165, 1.54) is 0 Å². The maximum Gasteiger partial charge on any atom is 0.342 e. The SMILES string of the molecule is CCOC(=O)c1c(N)nc2ccc(Br)cc2c1-c1ccc(Br)cc1. The van der Waals surface area contributed by atoms with E-state index in [0.29, 0.717) is 5.56 Å². The van der Waals surface area contributed by atoms with Crippen molar-refractivity contribution >= 4 is 54.5 Å². The lowest BCUT2D eigenvalue weighted by Crippen LogP contribution is -2.12. The number of benzene rings is 2. The number of hydrogen-bond acceptors (Lipinski definition) is 4. The smallest absolute Gasteiger partial charge is 0.342 e. The summed E-state index contributed by atoms with van der Waals surface area (Å²) in [4.78, 5) is 16.9. The van der Waals surface area contributed by atoms with Crippen LogP contribution >= 0.6 is 31.9 Å². The number of pyridine rings is 1. The van der Waals surface area contributed by atoms with Gasteiger partial charge in [0.1, 0.15) is 11.4 Å². The Labute approximate surface area is 156 Å². The first-order valence-electron chi connectivity index (χ1n) is 7.33. The highest BCUT2D eigenvalue weighted by atomic mass is 79.9. The molecule has 0 unspecified atom stereocenters. The van der Waals surface area contributed by atoms with Crippen molar-refractivity contribution in [3.05, 3.63) is 57.0 Å². The van der Waals surface area contributed by atoms with Gasteiger partial charge in [0.2, 0.25) is 0 Å². The third-order valence-corrected chi connectivity index (χ3v) is 4.61. The monoisotopic (exact) mass is 448 g/mol. The maximum atomic E-state index is 12.5. The van der Waals surface area contributed by atoms with Gasteiger partial charge in [-0.05, 0) is 42.8 Å². The largest absolute Gasteiger partial charge is 0.462 e. The molecule has 0 saturated carbocycles. The molecular formula is C18H14Br2N2O2. The lowest BCUT2D eigenvalue weighted by molar-refractivity contribution is 0.0528. The van der Waals surface area contributed by atoms with Crippen LogP contribution in [0.2, 0.25) is 0 Å². The Balaban J connectivity index is 2.39. The van der Waals surface area contributed by atoms with E-state index in [-0.39, 0.29) is 12.4 Å². The van der Waals surface area contributed by atoms with Gasteiger partial charge in [0.15, 0.2) is 0 Å². The lowest BCUT2D eigenvalue weighted by atomic mass is 9.95. The van der Waals surface area contributed by atoms with Crippen LogP contribution in [0, 0.1) is 0 Å². The predicted molar refractivity (Wildman–Crippen MR) is 103 cm³/mol. The molecule has 0 aliphatic rings. The van der Waals surface area contributed by atoms with Crippen molar-refractivity contribution < 1.29 is 9.53 Å². The van der Waals surface area contributed by atoms with Gasteiger partial charge in [0.05, 0.1) is 12.1 Å². The molecule has 0 aliphatic carbocycles. The topological polar surface area (TPSA) is 65.2 Å². The average Bonchev–Trinajstić information content (AvgIpc) is 2.55. The lowest BCUT2D eigenvalue weighted by Gasteiger charge is -2.15. The summed E-state index contributed by atoms with van der Waals surface area (Å²) in [5, 5.41) is 0.837. The predicted octanol–water partition coefficient (Wildman–Crippen LogP) is 5.19. The molecule has 3 rings (SSSR count). The Hall–Kier alpha value is -1.92. The van der Waals surface area contributed by atoms with E-state index in [1.54, 1.807) is 6.92 Å². The minimum Gasteiger partial charge on any atom is -0.462 e. The van der Waals surface area contributed by atoms with Gasteiger partial charge in [0, 0.05) is 19.9 Å². The molecule has 0 amide bonds. The molecule has 0 aliphatic heterocycles. The number of carbonyl (C=O) groups is 1. The summed E-state index contributed by atoms with van der Waals surface area (Å²) in [5.74, 6) is -0.302. The molecule has 2 N–H and O–H groups in total. The Morgan fingerprint density at radius 2 is 1.79 bits per heavy atom. The molecule has 3 aromatic rings. The number of carbonyl (C=O) groups excluding carboxylic acids is 1. The standard InChI is InChI=1S/C18H14Br2N2O2/c1-2-24-18(23)16-15(10-3-5-11(19)6-4-10)13-9-12(20)7-8-14(13)22-17(16)21/h3-9H,2H2,1H3,(H2,21,22). The summed E-state index contributed by atoms with van der Waals surface area (Å²) < 4.78 is 7.05. The molecule has 2 aromatic carbocycles. The van der Waals surface area contributed by atoms with Crippen molar-refractivity contribution in [3.63, 3.8) is 0 Å². The zero-order valence-electron chi connectivity index (χ0n) is 12.8. The average molecular weight is 450 g/mol. The normalized spacial score (nSPS) is 10.8. The highest BCUT2D eigenvalue weighted by Crippen LogP contribution is 2.36. The van der Waals surface area contributed by atoms with E-state index in [1.807, 2.05) is 42.5 Å². The summed E-state index contributed by atoms with van der Waals surface area (Å²) in [6, 6.07) is 13.4. The minimum atomic E-state index is -0.470. The number of halogens is 2.